The van der Waals surface area contributed by atoms with Gasteiger partial charge in [-0.25, -0.2) is 0 Å². The highest BCUT2D eigenvalue weighted by molar-refractivity contribution is 6.33. The summed E-state index contributed by atoms with van der Waals surface area (Å²) >= 11 is 6.62. The fourth-order valence-electron chi connectivity index (χ4n) is 3.19. The van der Waals surface area contributed by atoms with Crippen LogP contribution in [0.3, 0.4) is 0 Å². The molecule has 0 aliphatic heterocycles. The van der Waals surface area contributed by atoms with E-state index in [-0.39, 0.29) is 22.3 Å². The predicted molar refractivity (Wildman–Crippen MR) is 125 cm³/mol. The van der Waals surface area contributed by atoms with Gasteiger partial charge in [0.25, 0.3) is 0 Å². The molecule has 0 amide bonds. The maximum absolute atomic E-state index is 11.7. The van der Waals surface area contributed by atoms with E-state index in [2.05, 4.69) is 26.8 Å². The average molecular weight is 451 g/mol. The predicted octanol–water partition coefficient (Wildman–Crippen LogP) is 6.86. The van der Waals surface area contributed by atoms with E-state index in [0.29, 0.717) is 24.0 Å². The average Bonchev–Trinajstić information content (AvgIpc) is 2.66. The van der Waals surface area contributed by atoms with E-state index in [1.165, 1.54) is 19.4 Å². The Kier molecular flexibility index (Phi) is 11.4. The highest BCUT2D eigenvalue weighted by Crippen LogP contribution is 2.47. The Morgan fingerprint density at radius 3 is 2.10 bits per heavy atom. The highest BCUT2D eigenvalue weighted by atomic mass is 35.5. The molecule has 1 N–H and O–H groups in total. The molecule has 5 nitrogen and oxygen atoms in total. The van der Waals surface area contributed by atoms with Crippen LogP contribution in [-0.4, -0.2) is 17.0 Å². The third kappa shape index (κ3) is 8.78. The topological polar surface area (TPSA) is 72.8 Å². The second-order valence-corrected chi connectivity index (χ2v) is 8.38. The number of hydrogen-bond donors (Lipinski definition) is 1. The van der Waals surface area contributed by atoms with Crippen molar-refractivity contribution >= 4 is 23.5 Å². The molecular formula is C25H35ClO5. The Morgan fingerprint density at radius 2 is 1.55 bits per heavy atom. The van der Waals surface area contributed by atoms with Crippen LogP contribution in [0.5, 0.6) is 17.2 Å². The van der Waals surface area contributed by atoms with Crippen molar-refractivity contribution in [2.24, 2.45) is 0 Å². The largest absolute Gasteiger partial charge is 0.504 e. The number of allylic oxidation sites excluding steroid dienone is 4. The van der Waals surface area contributed by atoms with Crippen molar-refractivity contribution in [1.29, 1.82) is 0 Å². The maximum Gasteiger partial charge on any atom is 0.308 e. The van der Waals surface area contributed by atoms with Crippen LogP contribution in [0.1, 0.15) is 84.8 Å². The van der Waals surface area contributed by atoms with E-state index in [0.717, 1.165) is 37.7 Å². The lowest BCUT2D eigenvalue weighted by Crippen LogP contribution is -2.10. The molecule has 1 aromatic rings. The van der Waals surface area contributed by atoms with Crippen molar-refractivity contribution in [3.63, 3.8) is 0 Å². The SMILES string of the molecule is CCCCCc1c(Cl)c(OC(C)=O)c(C/C=C(\C)CCC=C(C)C)c(O)c1OC(C)=O. The lowest BCUT2D eigenvalue weighted by atomic mass is 9.98. The summed E-state index contributed by atoms with van der Waals surface area (Å²) in [7, 11) is 0. The van der Waals surface area contributed by atoms with Crippen LogP contribution in [0.15, 0.2) is 23.3 Å². The molecule has 1 rings (SSSR count). The van der Waals surface area contributed by atoms with Gasteiger partial charge in [0.2, 0.25) is 0 Å². The molecule has 172 valence electrons. The van der Waals surface area contributed by atoms with Gasteiger partial charge >= 0.3 is 11.9 Å². The molecule has 0 radical (unpaired) electrons. The van der Waals surface area contributed by atoms with E-state index < -0.39 is 11.9 Å². The van der Waals surface area contributed by atoms with Gasteiger partial charge in [-0.3, -0.25) is 9.59 Å². The third-order valence-electron chi connectivity index (χ3n) is 4.78. The van der Waals surface area contributed by atoms with Crippen molar-refractivity contribution in [3.8, 4) is 17.2 Å². The second-order valence-electron chi connectivity index (χ2n) is 8.00. The molecule has 31 heavy (non-hydrogen) atoms. The van der Waals surface area contributed by atoms with E-state index >= 15 is 0 Å². The van der Waals surface area contributed by atoms with Crippen molar-refractivity contribution in [1.82, 2.24) is 0 Å². The van der Waals surface area contributed by atoms with Gasteiger partial charge in [0.05, 0.1) is 5.02 Å². The standard InChI is InChI=1S/C25H35ClO5/c1-7-8-9-13-20-22(26)24(30-18(5)27)21(23(29)25(20)31-19(6)28)15-14-17(4)12-10-11-16(2)3/h11,14,29H,7-10,12-13,15H2,1-6H3/b17-14+. The number of rotatable bonds is 11. The smallest absolute Gasteiger partial charge is 0.308 e. The van der Waals surface area contributed by atoms with Crippen LogP contribution in [-0.2, 0) is 22.4 Å². The van der Waals surface area contributed by atoms with E-state index in [9.17, 15) is 14.7 Å². The first-order valence-electron chi connectivity index (χ1n) is 10.8. The number of aromatic hydroxyl groups is 1. The number of ether oxygens (including phenoxy) is 2. The summed E-state index contributed by atoms with van der Waals surface area (Å²) in [6, 6.07) is 0. The number of carbonyl (C=O) groups is 2. The molecule has 0 bridgehead atoms. The molecule has 1 aromatic carbocycles. The highest BCUT2D eigenvalue weighted by Gasteiger charge is 2.26. The molecule has 0 unspecified atom stereocenters. The van der Waals surface area contributed by atoms with Gasteiger partial charge in [0.1, 0.15) is 0 Å². The molecule has 0 aliphatic rings. The lowest BCUT2D eigenvalue weighted by Gasteiger charge is -2.19. The zero-order valence-electron chi connectivity index (χ0n) is 19.6. The lowest BCUT2D eigenvalue weighted by molar-refractivity contribution is -0.133. The van der Waals surface area contributed by atoms with Crippen LogP contribution in [0, 0.1) is 0 Å². The Morgan fingerprint density at radius 1 is 0.935 bits per heavy atom. The molecule has 0 saturated heterocycles. The van der Waals surface area contributed by atoms with Crippen molar-refractivity contribution < 1.29 is 24.2 Å². The first-order chi connectivity index (χ1) is 14.6. The van der Waals surface area contributed by atoms with Crippen LogP contribution in [0.4, 0.5) is 0 Å². The quantitative estimate of drug-likeness (QED) is 0.172. The number of phenols is 1. The Balaban J connectivity index is 3.45. The molecule has 0 aliphatic carbocycles. The molecule has 0 spiro atoms. The van der Waals surface area contributed by atoms with Crippen molar-refractivity contribution in [2.45, 2.75) is 86.5 Å². The summed E-state index contributed by atoms with van der Waals surface area (Å²) in [4.78, 5) is 23.4. The van der Waals surface area contributed by atoms with Gasteiger partial charge in [-0.15, -0.1) is 0 Å². The molecule has 0 heterocycles. The zero-order chi connectivity index (χ0) is 23.6. The second kappa shape index (κ2) is 13.2. The molecule has 0 saturated carbocycles. The minimum absolute atomic E-state index is 0.0510. The number of esters is 2. The summed E-state index contributed by atoms with van der Waals surface area (Å²) in [5.74, 6) is -1.12. The fraction of sp³-hybridized carbons (Fsp3) is 0.520. The van der Waals surface area contributed by atoms with Crippen LogP contribution in [0.2, 0.25) is 5.02 Å². The van der Waals surface area contributed by atoms with Crippen LogP contribution < -0.4 is 9.47 Å². The number of carbonyl (C=O) groups excluding carboxylic acids is 2. The van der Waals surface area contributed by atoms with Gasteiger partial charge in [0, 0.05) is 25.0 Å². The minimum Gasteiger partial charge on any atom is -0.504 e. The number of halogens is 1. The zero-order valence-corrected chi connectivity index (χ0v) is 20.3. The van der Waals surface area contributed by atoms with Gasteiger partial charge in [-0.05, 0) is 52.9 Å². The van der Waals surface area contributed by atoms with E-state index in [1.54, 1.807) is 0 Å². The minimum atomic E-state index is -0.553. The third-order valence-corrected chi connectivity index (χ3v) is 5.18. The number of phenolic OH excluding ortho intramolecular Hbond substituents is 1. The maximum atomic E-state index is 11.7. The Labute approximate surface area is 191 Å². The normalized spacial score (nSPS) is 11.3. The molecule has 0 aromatic heterocycles. The monoisotopic (exact) mass is 450 g/mol. The summed E-state index contributed by atoms with van der Waals surface area (Å²) in [6.45, 7) is 10.8. The van der Waals surface area contributed by atoms with Crippen molar-refractivity contribution in [2.75, 3.05) is 0 Å². The number of hydrogen-bond acceptors (Lipinski definition) is 5. The fourth-order valence-corrected chi connectivity index (χ4v) is 3.52. The first-order valence-corrected chi connectivity index (χ1v) is 11.2. The molecule has 6 heteroatoms. The van der Waals surface area contributed by atoms with E-state index in [1.807, 2.05) is 13.0 Å². The number of unbranched alkanes of at least 4 members (excludes halogenated alkanes) is 2. The Hall–Kier alpha value is -2.27. The molecule has 0 atom stereocenters. The summed E-state index contributed by atoms with van der Waals surface area (Å²) in [5, 5.41) is 11.2. The van der Waals surface area contributed by atoms with Gasteiger partial charge in [-0.2, -0.15) is 0 Å². The molecular weight excluding hydrogens is 416 g/mol. The molecule has 0 fully saturated rings. The summed E-state index contributed by atoms with van der Waals surface area (Å²) in [6.07, 6.45) is 9.45. The van der Waals surface area contributed by atoms with Gasteiger partial charge in [0.15, 0.2) is 17.2 Å². The van der Waals surface area contributed by atoms with Crippen LogP contribution in [0.25, 0.3) is 0 Å². The van der Waals surface area contributed by atoms with Gasteiger partial charge < -0.3 is 14.6 Å². The van der Waals surface area contributed by atoms with Crippen LogP contribution >= 0.6 is 11.6 Å². The summed E-state index contributed by atoms with van der Waals surface area (Å²) < 4.78 is 10.7. The first kappa shape index (κ1) is 26.8. The number of benzene rings is 1. The van der Waals surface area contributed by atoms with Crippen molar-refractivity contribution in [3.05, 3.63) is 39.4 Å². The van der Waals surface area contributed by atoms with E-state index in [4.69, 9.17) is 21.1 Å². The summed E-state index contributed by atoms with van der Waals surface area (Å²) in [5.41, 5.74) is 3.20. The Bertz CT molecular complexity index is 848. The van der Waals surface area contributed by atoms with Gasteiger partial charge in [-0.1, -0.05) is 54.7 Å².